The summed E-state index contributed by atoms with van der Waals surface area (Å²) in [4.78, 5) is 14.1. The Kier molecular flexibility index (Phi) is 12.2. The van der Waals surface area contributed by atoms with Gasteiger partial charge in [0, 0.05) is 11.1 Å². The van der Waals surface area contributed by atoms with Crippen molar-refractivity contribution in [3.8, 4) is 11.5 Å². The zero-order chi connectivity index (χ0) is 28.8. The molecule has 204 valence electrons. The average molecular weight is 532 g/mol. The number of hydrogen-bond donors (Lipinski definition) is 4. The number of oxazole rings is 1. The van der Waals surface area contributed by atoms with Crippen LogP contribution in [0.3, 0.4) is 0 Å². The molecule has 0 aliphatic carbocycles. The molecule has 2 unspecified atom stereocenters. The maximum atomic E-state index is 12.4. The van der Waals surface area contributed by atoms with E-state index in [1.807, 2.05) is 38.1 Å². The Bertz CT molecular complexity index is 1320. The number of halogens is 1. The third-order valence-electron chi connectivity index (χ3n) is 5.27. The van der Waals surface area contributed by atoms with E-state index < -0.39 is 6.04 Å². The van der Waals surface area contributed by atoms with Crippen molar-refractivity contribution < 1.29 is 18.3 Å². The predicted octanol–water partition coefficient (Wildman–Crippen LogP) is 5.94. The van der Waals surface area contributed by atoms with Crippen molar-refractivity contribution in [2.45, 2.75) is 39.8 Å². The lowest BCUT2D eigenvalue weighted by Gasteiger charge is -2.11. The van der Waals surface area contributed by atoms with Crippen molar-refractivity contribution in [3.05, 3.63) is 113 Å². The molecule has 0 aliphatic heterocycles. The number of aryl methyl sites for hydroxylation is 2. The van der Waals surface area contributed by atoms with Crippen molar-refractivity contribution in [2.24, 2.45) is 5.73 Å². The summed E-state index contributed by atoms with van der Waals surface area (Å²) in [6.45, 7) is 7.45. The molecule has 9 heteroatoms. The molecule has 0 saturated heterocycles. The number of aromatic nitrogens is 1. The van der Waals surface area contributed by atoms with Crippen LogP contribution in [0.1, 0.15) is 42.1 Å². The molecule has 1 aromatic heterocycles. The molecule has 2 atom stereocenters. The summed E-state index contributed by atoms with van der Waals surface area (Å²) in [5.74, 6) is -0.0555. The molecule has 0 saturated carbocycles. The van der Waals surface area contributed by atoms with Crippen molar-refractivity contribution >= 4 is 18.2 Å². The van der Waals surface area contributed by atoms with E-state index in [9.17, 15) is 9.18 Å². The van der Waals surface area contributed by atoms with E-state index >= 15 is 0 Å². The summed E-state index contributed by atoms with van der Waals surface area (Å²) in [5, 5.41) is 18.0. The minimum absolute atomic E-state index is 0.0666. The van der Waals surface area contributed by atoms with E-state index in [4.69, 9.17) is 25.7 Å². The van der Waals surface area contributed by atoms with Gasteiger partial charge in [-0.05, 0) is 69.2 Å². The molecule has 0 spiro atoms. The summed E-state index contributed by atoms with van der Waals surface area (Å²) >= 11 is 0. The van der Waals surface area contributed by atoms with Crippen LogP contribution in [0.5, 0.6) is 0 Å². The first-order valence-corrected chi connectivity index (χ1v) is 12.2. The lowest BCUT2D eigenvalue weighted by atomic mass is 10.1. The molecule has 0 fully saturated rings. The number of nitrogens with two attached hydrogens (primary N) is 1. The van der Waals surface area contributed by atoms with Crippen LogP contribution in [0.4, 0.5) is 4.39 Å². The Morgan fingerprint density at radius 1 is 1.03 bits per heavy atom. The number of nitrogens with one attached hydrogen (secondary N) is 3. The molecule has 4 aromatic rings. The first-order valence-electron chi connectivity index (χ1n) is 12.2. The number of amides is 1. The summed E-state index contributed by atoms with van der Waals surface area (Å²) in [5.41, 5.74) is 9.98. The van der Waals surface area contributed by atoms with Crippen molar-refractivity contribution in [3.63, 3.8) is 0 Å². The fourth-order valence-corrected chi connectivity index (χ4v) is 3.15. The summed E-state index contributed by atoms with van der Waals surface area (Å²) in [7, 11) is 0. The van der Waals surface area contributed by atoms with Crippen LogP contribution in [0.2, 0.25) is 0 Å². The molecular weight excluding hydrogens is 497 g/mol. The fourth-order valence-electron chi connectivity index (χ4n) is 3.15. The summed E-state index contributed by atoms with van der Waals surface area (Å²) in [6, 6.07) is 21.1. The number of carbonyl (C=O) groups is 1. The second-order valence-electron chi connectivity index (χ2n) is 8.72. The van der Waals surface area contributed by atoms with Crippen molar-refractivity contribution in [2.75, 3.05) is 0 Å². The second kappa shape index (κ2) is 15.6. The van der Waals surface area contributed by atoms with Crippen LogP contribution >= 0.6 is 0 Å². The number of nitrogens with zero attached hydrogens (tertiary/aromatic N) is 1. The van der Waals surface area contributed by atoms with E-state index in [0.29, 0.717) is 17.9 Å². The molecule has 0 aliphatic rings. The second-order valence-corrected chi connectivity index (χ2v) is 8.72. The number of ether oxygens (including phenoxy) is 1. The van der Waals surface area contributed by atoms with Gasteiger partial charge >= 0.3 is 0 Å². The number of carbonyl (C=O) groups excluding carboxylic acids is 1. The number of benzene rings is 3. The lowest BCUT2D eigenvalue weighted by Crippen LogP contribution is -2.30. The van der Waals surface area contributed by atoms with E-state index in [0.717, 1.165) is 16.7 Å². The van der Waals surface area contributed by atoms with Crippen molar-refractivity contribution in [1.29, 1.82) is 10.8 Å². The third kappa shape index (κ3) is 10.7. The SMILES string of the molecule is CC(NC=O)c1ccc(F)cc1.Cc1cc(C(=N)OC(=N)C(C)N)cc(-c2ncco2)c1.Cc1ccccc1. The molecule has 0 radical (unpaired) electrons. The quantitative estimate of drug-likeness (QED) is 0.138. The molecular formula is C30H34FN5O3. The topological polar surface area (TPSA) is 138 Å². The van der Waals surface area contributed by atoms with Gasteiger partial charge in [-0.2, -0.15) is 0 Å². The van der Waals surface area contributed by atoms with E-state index in [-0.39, 0.29) is 23.7 Å². The van der Waals surface area contributed by atoms with Crippen LogP contribution in [0.25, 0.3) is 11.5 Å². The van der Waals surface area contributed by atoms with Crippen molar-refractivity contribution in [1.82, 2.24) is 10.3 Å². The van der Waals surface area contributed by atoms with Gasteiger partial charge < -0.3 is 20.2 Å². The highest BCUT2D eigenvalue weighted by atomic mass is 19.1. The molecule has 4 rings (SSSR count). The van der Waals surface area contributed by atoms with Gasteiger partial charge in [0.05, 0.1) is 18.3 Å². The van der Waals surface area contributed by atoms with Crippen LogP contribution in [-0.2, 0) is 9.53 Å². The number of rotatable bonds is 6. The largest absolute Gasteiger partial charge is 0.445 e. The van der Waals surface area contributed by atoms with Gasteiger partial charge in [-0.25, -0.2) is 9.37 Å². The minimum atomic E-state index is -0.550. The van der Waals surface area contributed by atoms with Gasteiger partial charge in [0.2, 0.25) is 24.1 Å². The predicted molar refractivity (Wildman–Crippen MR) is 151 cm³/mol. The average Bonchev–Trinajstić information content (AvgIpc) is 3.45. The zero-order valence-electron chi connectivity index (χ0n) is 22.4. The molecule has 5 N–H and O–H groups in total. The van der Waals surface area contributed by atoms with Gasteiger partial charge in [-0.3, -0.25) is 15.6 Å². The van der Waals surface area contributed by atoms with Gasteiger partial charge in [-0.1, -0.05) is 48.0 Å². The molecule has 1 heterocycles. The van der Waals surface area contributed by atoms with Crippen LogP contribution in [-0.4, -0.2) is 29.2 Å². The number of hydrogen-bond acceptors (Lipinski definition) is 7. The Hall–Kier alpha value is -4.63. The molecule has 1 amide bonds. The van der Waals surface area contributed by atoms with Gasteiger partial charge in [0.25, 0.3) is 0 Å². The molecule has 8 nitrogen and oxygen atoms in total. The van der Waals surface area contributed by atoms with E-state index in [1.54, 1.807) is 37.4 Å². The third-order valence-corrected chi connectivity index (χ3v) is 5.27. The zero-order valence-corrected chi connectivity index (χ0v) is 22.4. The Balaban J connectivity index is 0.000000236. The first kappa shape index (κ1) is 30.6. The fraction of sp³-hybridized carbons (Fsp3) is 0.200. The normalized spacial score (nSPS) is 11.4. The van der Waals surface area contributed by atoms with Crippen LogP contribution in [0, 0.1) is 30.5 Å². The molecule has 0 bridgehead atoms. The maximum Gasteiger partial charge on any atom is 0.225 e. The summed E-state index contributed by atoms with van der Waals surface area (Å²) in [6.07, 6.45) is 3.68. The Morgan fingerprint density at radius 2 is 1.69 bits per heavy atom. The highest BCUT2D eigenvalue weighted by Crippen LogP contribution is 2.21. The van der Waals surface area contributed by atoms with Gasteiger partial charge in [-0.15, -0.1) is 0 Å². The van der Waals surface area contributed by atoms with E-state index in [2.05, 4.69) is 29.4 Å². The monoisotopic (exact) mass is 531 g/mol. The highest BCUT2D eigenvalue weighted by Gasteiger charge is 2.13. The highest BCUT2D eigenvalue weighted by molar-refractivity contribution is 6.01. The Labute approximate surface area is 228 Å². The van der Waals surface area contributed by atoms with Gasteiger partial charge in [0.15, 0.2) is 0 Å². The minimum Gasteiger partial charge on any atom is -0.445 e. The standard InChI is InChI=1S/C14H16N4O2.C9H10FNO.C7H8/c1-8-5-10(13(17)20-12(16)9(2)15)7-11(6-8)14-18-3-4-19-14;1-7(11-6-12)8-2-4-9(10)5-3-8;1-7-5-3-2-4-6-7/h3-7,9,16-17H,15H2,1-2H3;2-7H,1H3,(H,11,12);2-6H,1H3. The van der Waals surface area contributed by atoms with Crippen LogP contribution in [0.15, 0.2) is 89.7 Å². The van der Waals surface area contributed by atoms with Gasteiger partial charge in [0.1, 0.15) is 12.1 Å². The first-order chi connectivity index (χ1) is 18.6. The maximum absolute atomic E-state index is 12.4. The summed E-state index contributed by atoms with van der Waals surface area (Å²) < 4.78 is 22.8. The Morgan fingerprint density at radius 3 is 2.21 bits per heavy atom. The lowest BCUT2D eigenvalue weighted by molar-refractivity contribution is -0.110. The van der Waals surface area contributed by atoms with Crippen LogP contribution < -0.4 is 11.1 Å². The molecule has 3 aromatic carbocycles. The smallest absolute Gasteiger partial charge is 0.225 e. The molecule has 39 heavy (non-hydrogen) atoms. The van der Waals surface area contributed by atoms with E-state index in [1.165, 1.54) is 24.0 Å².